The summed E-state index contributed by atoms with van der Waals surface area (Å²) in [6.45, 7) is 2.97. The lowest BCUT2D eigenvalue weighted by atomic mass is 9.95. The Morgan fingerprint density at radius 1 is 1.03 bits per heavy atom. The van der Waals surface area contributed by atoms with Crippen LogP contribution in [0.4, 0.5) is 14.7 Å². The molecule has 35 heavy (non-hydrogen) atoms. The van der Waals surface area contributed by atoms with Gasteiger partial charge in [0, 0.05) is 19.0 Å². The Labute approximate surface area is 204 Å². The van der Waals surface area contributed by atoms with Crippen LogP contribution in [0.2, 0.25) is 0 Å². The number of amides is 1. The van der Waals surface area contributed by atoms with E-state index in [2.05, 4.69) is 5.32 Å². The highest BCUT2D eigenvalue weighted by atomic mass is 32.1. The fourth-order valence-electron chi connectivity index (χ4n) is 4.44. The van der Waals surface area contributed by atoms with E-state index in [-0.39, 0.29) is 35.1 Å². The molecule has 2 aromatic heterocycles. The zero-order chi connectivity index (χ0) is 24.5. The van der Waals surface area contributed by atoms with Crippen LogP contribution in [0.1, 0.15) is 31.4 Å². The molecule has 0 radical (unpaired) electrons. The summed E-state index contributed by atoms with van der Waals surface area (Å²) in [5.41, 5.74) is 1.82. The predicted molar refractivity (Wildman–Crippen MR) is 133 cm³/mol. The van der Waals surface area contributed by atoms with Gasteiger partial charge in [0.25, 0.3) is 5.56 Å². The van der Waals surface area contributed by atoms with Crippen molar-refractivity contribution in [1.29, 1.82) is 0 Å². The Morgan fingerprint density at radius 2 is 1.66 bits per heavy atom. The molecule has 1 amide bonds. The van der Waals surface area contributed by atoms with Crippen molar-refractivity contribution in [2.24, 2.45) is 5.92 Å². The van der Waals surface area contributed by atoms with Crippen LogP contribution in [-0.4, -0.2) is 28.5 Å². The number of nitrogens with one attached hydrogen (secondary N) is 1. The molecular formula is C26H24F2N4O2S. The SMILES string of the molecule is C[C@H](NC(=O)C1CCN(c2nc3ccsc3c(=O)n2-c2ccc(F)cc2)CC1)c1ccc(F)cc1. The second-order valence-electron chi connectivity index (χ2n) is 8.71. The molecule has 1 fully saturated rings. The van der Waals surface area contributed by atoms with Crippen molar-refractivity contribution < 1.29 is 13.6 Å². The van der Waals surface area contributed by atoms with Crippen molar-refractivity contribution in [3.63, 3.8) is 0 Å². The van der Waals surface area contributed by atoms with Crippen LogP contribution in [0.15, 0.2) is 64.8 Å². The van der Waals surface area contributed by atoms with Crippen LogP contribution in [0.3, 0.4) is 0 Å². The van der Waals surface area contributed by atoms with Crippen LogP contribution in [0, 0.1) is 17.6 Å². The van der Waals surface area contributed by atoms with Gasteiger partial charge in [-0.25, -0.2) is 18.3 Å². The van der Waals surface area contributed by atoms with Gasteiger partial charge in [0.05, 0.1) is 17.2 Å². The van der Waals surface area contributed by atoms with E-state index < -0.39 is 0 Å². The minimum Gasteiger partial charge on any atom is -0.349 e. The molecule has 0 bridgehead atoms. The predicted octanol–water partition coefficient (Wildman–Crippen LogP) is 4.82. The van der Waals surface area contributed by atoms with Crippen molar-refractivity contribution in [2.45, 2.75) is 25.8 Å². The third-order valence-electron chi connectivity index (χ3n) is 6.42. The molecule has 6 nitrogen and oxygen atoms in total. The van der Waals surface area contributed by atoms with Crippen LogP contribution in [0.5, 0.6) is 0 Å². The van der Waals surface area contributed by atoms with E-state index in [1.807, 2.05) is 23.3 Å². The van der Waals surface area contributed by atoms with Crippen LogP contribution in [-0.2, 0) is 4.79 Å². The molecule has 2 aromatic carbocycles. The van der Waals surface area contributed by atoms with Gasteiger partial charge in [0.2, 0.25) is 11.9 Å². The minimum absolute atomic E-state index is 0.0429. The number of anilines is 1. The summed E-state index contributed by atoms with van der Waals surface area (Å²) < 4.78 is 28.8. The van der Waals surface area contributed by atoms with E-state index >= 15 is 0 Å². The second kappa shape index (κ2) is 9.58. The van der Waals surface area contributed by atoms with E-state index in [1.165, 1.54) is 40.2 Å². The first-order chi connectivity index (χ1) is 16.9. The maximum atomic E-state index is 13.5. The summed E-state index contributed by atoms with van der Waals surface area (Å²) in [5, 5.41) is 4.86. The molecular weight excluding hydrogens is 470 g/mol. The lowest BCUT2D eigenvalue weighted by Gasteiger charge is -2.33. The molecule has 0 saturated carbocycles. The highest BCUT2D eigenvalue weighted by Crippen LogP contribution is 2.27. The number of carbonyl (C=O) groups is 1. The van der Waals surface area contributed by atoms with E-state index in [0.717, 1.165) is 5.56 Å². The lowest BCUT2D eigenvalue weighted by molar-refractivity contribution is -0.126. The fourth-order valence-corrected chi connectivity index (χ4v) is 5.20. The molecule has 1 aliphatic heterocycles. The molecule has 1 saturated heterocycles. The van der Waals surface area contributed by atoms with Gasteiger partial charge in [0.1, 0.15) is 16.3 Å². The number of piperidine rings is 1. The van der Waals surface area contributed by atoms with E-state index in [1.54, 1.807) is 24.3 Å². The van der Waals surface area contributed by atoms with Gasteiger partial charge >= 0.3 is 0 Å². The smallest absolute Gasteiger partial charge is 0.277 e. The molecule has 3 heterocycles. The number of rotatable bonds is 5. The second-order valence-corrected chi connectivity index (χ2v) is 9.62. The van der Waals surface area contributed by atoms with Crippen molar-refractivity contribution in [3.8, 4) is 5.69 Å². The lowest BCUT2D eigenvalue weighted by Crippen LogP contribution is -2.43. The maximum absolute atomic E-state index is 13.5. The molecule has 9 heteroatoms. The third kappa shape index (κ3) is 4.68. The largest absolute Gasteiger partial charge is 0.349 e. The number of nitrogens with zero attached hydrogens (tertiary/aromatic N) is 3. The average molecular weight is 495 g/mol. The highest BCUT2D eigenvalue weighted by Gasteiger charge is 2.29. The average Bonchev–Trinajstić information content (AvgIpc) is 3.34. The molecule has 1 aliphatic rings. The highest BCUT2D eigenvalue weighted by molar-refractivity contribution is 7.17. The van der Waals surface area contributed by atoms with Crippen molar-refractivity contribution >= 4 is 33.4 Å². The van der Waals surface area contributed by atoms with Gasteiger partial charge in [-0.15, -0.1) is 11.3 Å². The van der Waals surface area contributed by atoms with Gasteiger partial charge in [-0.3, -0.25) is 9.59 Å². The molecule has 5 rings (SSSR count). The Kier molecular flexibility index (Phi) is 6.34. The third-order valence-corrected chi connectivity index (χ3v) is 7.32. The number of hydrogen-bond donors (Lipinski definition) is 1. The summed E-state index contributed by atoms with van der Waals surface area (Å²) in [6.07, 6.45) is 1.20. The van der Waals surface area contributed by atoms with Crippen molar-refractivity contribution in [1.82, 2.24) is 14.9 Å². The number of halogens is 2. The van der Waals surface area contributed by atoms with Gasteiger partial charge in [0.15, 0.2) is 0 Å². The van der Waals surface area contributed by atoms with E-state index in [0.29, 0.717) is 47.8 Å². The fraction of sp³-hybridized carbons (Fsp3) is 0.269. The van der Waals surface area contributed by atoms with Gasteiger partial charge in [-0.1, -0.05) is 12.1 Å². The van der Waals surface area contributed by atoms with Crippen molar-refractivity contribution in [2.75, 3.05) is 18.0 Å². The van der Waals surface area contributed by atoms with Gasteiger partial charge in [-0.05, 0) is 73.2 Å². The Balaban J connectivity index is 1.35. The summed E-state index contributed by atoms with van der Waals surface area (Å²) in [6, 6.07) is 13.5. The number of carbonyl (C=O) groups excluding carboxylic acids is 1. The summed E-state index contributed by atoms with van der Waals surface area (Å²) >= 11 is 1.33. The molecule has 4 aromatic rings. The molecule has 1 N–H and O–H groups in total. The van der Waals surface area contributed by atoms with Gasteiger partial charge < -0.3 is 10.2 Å². The minimum atomic E-state index is -0.379. The van der Waals surface area contributed by atoms with Gasteiger partial charge in [-0.2, -0.15) is 0 Å². The molecule has 1 atom stereocenters. The standard InChI is InChI=1S/C26H24F2N4O2S/c1-16(17-2-4-19(27)5-3-17)29-24(33)18-10-13-31(14-11-18)26-30-22-12-15-35-23(22)25(34)32(26)21-8-6-20(28)7-9-21/h2-9,12,15-16,18H,10-11,13-14H2,1H3,(H,29,33)/t16-/m0/s1. The zero-order valence-electron chi connectivity index (χ0n) is 19.1. The number of aromatic nitrogens is 2. The first-order valence-corrected chi connectivity index (χ1v) is 12.4. The van der Waals surface area contributed by atoms with E-state index in [4.69, 9.17) is 4.98 Å². The number of fused-ring (bicyclic) bond motifs is 1. The quantitative estimate of drug-likeness (QED) is 0.432. The summed E-state index contributed by atoms with van der Waals surface area (Å²) in [5.74, 6) is -0.419. The number of hydrogen-bond acceptors (Lipinski definition) is 5. The monoisotopic (exact) mass is 494 g/mol. The van der Waals surface area contributed by atoms with Crippen LogP contribution < -0.4 is 15.8 Å². The Hall–Kier alpha value is -3.59. The summed E-state index contributed by atoms with van der Waals surface area (Å²) in [4.78, 5) is 33.0. The molecule has 0 unspecified atom stereocenters. The van der Waals surface area contributed by atoms with Crippen LogP contribution in [0.25, 0.3) is 15.9 Å². The molecule has 0 aliphatic carbocycles. The molecule has 180 valence electrons. The Bertz CT molecular complexity index is 1410. The first-order valence-electron chi connectivity index (χ1n) is 11.5. The van der Waals surface area contributed by atoms with Crippen molar-refractivity contribution in [3.05, 3.63) is 87.5 Å². The van der Waals surface area contributed by atoms with Crippen LogP contribution >= 0.6 is 11.3 Å². The normalized spacial score (nSPS) is 15.3. The zero-order valence-corrected chi connectivity index (χ0v) is 19.9. The summed E-state index contributed by atoms with van der Waals surface area (Å²) in [7, 11) is 0. The first kappa shape index (κ1) is 23.2. The number of benzene rings is 2. The number of thiophene rings is 1. The maximum Gasteiger partial charge on any atom is 0.277 e. The Morgan fingerprint density at radius 3 is 2.31 bits per heavy atom. The molecule has 0 spiro atoms. The van der Waals surface area contributed by atoms with E-state index in [9.17, 15) is 18.4 Å². The topological polar surface area (TPSA) is 67.2 Å².